The number of hydrogen-bond acceptors (Lipinski definition) is 4. The number of carbonyl (C=O) groups excluding carboxylic acids is 2. The molecule has 0 spiro atoms. The quantitative estimate of drug-likeness (QED) is 0.797. The van der Waals surface area contributed by atoms with E-state index in [0.29, 0.717) is 17.2 Å². The van der Waals surface area contributed by atoms with Crippen LogP contribution in [0.15, 0.2) is 36.4 Å². The van der Waals surface area contributed by atoms with Crippen LogP contribution in [0.4, 0.5) is 5.69 Å². The number of nitrogens with one attached hydrogen (secondary N) is 1. The molecule has 0 heterocycles. The zero-order valence-corrected chi connectivity index (χ0v) is 15.5. The molecule has 0 radical (unpaired) electrons. The summed E-state index contributed by atoms with van der Waals surface area (Å²) in [5.74, 6) is 0.456. The molecule has 2 rings (SSSR count). The first-order valence-electron chi connectivity index (χ1n) is 8.33. The Morgan fingerprint density at radius 3 is 2.46 bits per heavy atom. The van der Waals surface area contributed by atoms with Crippen molar-refractivity contribution in [3.05, 3.63) is 53.1 Å². The van der Waals surface area contributed by atoms with Crippen LogP contribution in [0.5, 0.6) is 11.5 Å². The van der Waals surface area contributed by atoms with Crippen LogP contribution in [-0.4, -0.2) is 25.5 Å². The fourth-order valence-corrected chi connectivity index (χ4v) is 2.53. The Bertz CT molecular complexity index is 815. The molecule has 0 aliphatic carbocycles. The average Bonchev–Trinajstić information content (AvgIpc) is 2.59. The topological polar surface area (TPSA) is 90.6 Å². The van der Waals surface area contributed by atoms with Gasteiger partial charge >= 0.3 is 0 Å². The fraction of sp³-hybridized carbons (Fsp3) is 0.300. The molecule has 2 aromatic rings. The summed E-state index contributed by atoms with van der Waals surface area (Å²) in [6.07, 6.45) is 0. The van der Waals surface area contributed by atoms with E-state index >= 15 is 0 Å². The molecule has 6 heteroatoms. The molecule has 0 aromatic heterocycles. The zero-order chi connectivity index (χ0) is 19.3. The van der Waals surface area contributed by atoms with E-state index in [1.807, 2.05) is 25.1 Å². The van der Waals surface area contributed by atoms with Gasteiger partial charge in [0.2, 0.25) is 5.91 Å². The van der Waals surface area contributed by atoms with Crippen molar-refractivity contribution in [3.63, 3.8) is 0 Å². The number of carbonyl (C=O) groups is 2. The highest BCUT2D eigenvalue weighted by atomic mass is 16.5. The molecule has 0 saturated heterocycles. The summed E-state index contributed by atoms with van der Waals surface area (Å²) < 4.78 is 10.9. The van der Waals surface area contributed by atoms with E-state index in [1.54, 1.807) is 6.07 Å². The lowest BCUT2D eigenvalue weighted by Gasteiger charge is -2.15. The maximum absolute atomic E-state index is 12.3. The fourth-order valence-electron chi connectivity index (χ4n) is 2.53. The smallest absolute Gasteiger partial charge is 0.262 e. The normalized spacial score (nSPS) is 10.5. The number of primary amides is 1. The summed E-state index contributed by atoms with van der Waals surface area (Å²) >= 11 is 0. The molecule has 3 N–H and O–H groups in total. The third-order valence-corrected chi connectivity index (χ3v) is 3.91. The molecule has 0 fully saturated rings. The first-order valence-corrected chi connectivity index (χ1v) is 8.33. The number of ether oxygens (including phenoxy) is 2. The highest BCUT2D eigenvalue weighted by molar-refractivity contribution is 5.98. The SMILES string of the molecule is COc1ccc(C(N)=O)cc1NC(=O)COc1cc(C)ccc1C(C)C. The first kappa shape index (κ1) is 19.3. The monoisotopic (exact) mass is 356 g/mol. The summed E-state index contributed by atoms with van der Waals surface area (Å²) in [5.41, 5.74) is 8.02. The minimum atomic E-state index is -0.583. The molecule has 0 unspecified atom stereocenters. The van der Waals surface area contributed by atoms with Gasteiger partial charge in [-0.1, -0.05) is 26.0 Å². The lowest BCUT2D eigenvalue weighted by atomic mass is 10.0. The van der Waals surface area contributed by atoms with Gasteiger partial charge in [0.05, 0.1) is 12.8 Å². The predicted octanol–water partition coefficient (Wildman–Crippen LogP) is 3.24. The Balaban J connectivity index is 2.12. The van der Waals surface area contributed by atoms with E-state index in [4.69, 9.17) is 15.2 Å². The van der Waals surface area contributed by atoms with E-state index in [2.05, 4.69) is 19.2 Å². The molecule has 0 atom stereocenters. The van der Waals surface area contributed by atoms with Crippen molar-refractivity contribution >= 4 is 17.5 Å². The third kappa shape index (κ3) is 4.75. The third-order valence-electron chi connectivity index (χ3n) is 3.91. The number of benzene rings is 2. The average molecular weight is 356 g/mol. The number of amides is 2. The van der Waals surface area contributed by atoms with Gasteiger partial charge in [-0.2, -0.15) is 0 Å². The van der Waals surface area contributed by atoms with Crippen LogP contribution in [0.1, 0.15) is 41.3 Å². The Kier molecular flexibility index (Phi) is 6.22. The van der Waals surface area contributed by atoms with Crippen LogP contribution < -0.4 is 20.5 Å². The van der Waals surface area contributed by atoms with Gasteiger partial charge < -0.3 is 20.5 Å². The maximum Gasteiger partial charge on any atom is 0.262 e. The zero-order valence-electron chi connectivity index (χ0n) is 15.5. The molecular weight excluding hydrogens is 332 g/mol. The van der Waals surface area contributed by atoms with E-state index < -0.39 is 5.91 Å². The summed E-state index contributed by atoms with van der Waals surface area (Å²) in [6.45, 7) is 5.94. The molecule has 26 heavy (non-hydrogen) atoms. The van der Waals surface area contributed by atoms with Crippen molar-refractivity contribution in [2.24, 2.45) is 5.73 Å². The maximum atomic E-state index is 12.3. The number of aryl methyl sites for hydroxylation is 1. The Morgan fingerprint density at radius 1 is 1.12 bits per heavy atom. The molecule has 0 bridgehead atoms. The van der Waals surface area contributed by atoms with Crippen molar-refractivity contribution in [1.82, 2.24) is 0 Å². The number of nitrogens with two attached hydrogens (primary N) is 1. The lowest BCUT2D eigenvalue weighted by molar-refractivity contribution is -0.118. The van der Waals surface area contributed by atoms with Gasteiger partial charge in [0, 0.05) is 5.56 Å². The second-order valence-electron chi connectivity index (χ2n) is 6.31. The predicted molar refractivity (Wildman–Crippen MR) is 101 cm³/mol. The second kappa shape index (κ2) is 8.38. The highest BCUT2D eigenvalue weighted by Crippen LogP contribution is 2.28. The number of hydrogen-bond donors (Lipinski definition) is 2. The van der Waals surface area contributed by atoms with Gasteiger partial charge in [-0.25, -0.2) is 0 Å². The van der Waals surface area contributed by atoms with Gasteiger partial charge in [-0.3, -0.25) is 9.59 Å². The Labute approximate surface area is 153 Å². The molecule has 138 valence electrons. The highest BCUT2D eigenvalue weighted by Gasteiger charge is 2.13. The Morgan fingerprint density at radius 2 is 1.85 bits per heavy atom. The summed E-state index contributed by atoms with van der Waals surface area (Å²) in [4.78, 5) is 23.6. The van der Waals surface area contributed by atoms with Gasteiger partial charge in [0.25, 0.3) is 5.91 Å². The number of methoxy groups -OCH3 is 1. The largest absolute Gasteiger partial charge is 0.495 e. The summed E-state index contributed by atoms with van der Waals surface area (Å²) in [7, 11) is 1.48. The molecular formula is C20H24N2O4. The van der Waals surface area contributed by atoms with Crippen molar-refractivity contribution in [3.8, 4) is 11.5 Å². The first-order chi connectivity index (χ1) is 12.3. The molecule has 0 aliphatic rings. The van der Waals surface area contributed by atoms with E-state index in [1.165, 1.54) is 19.2 Å². The summed E-state index contributed by atoms with van der Waals surface area (Å²) in [5, 5.41) is 2.69. The second-order valence-corrected chi connectivity index (χ2v) is 6.31. The van der Waals surface area contributed by atoms with Crippen molar-refractivity contribution in [1.29, 1.82) is 0 Å². The van der Waals surface area contributed by atoms with Crippen molar-refractivity contribution < 1.29 is 19.1 Å². The standard InChI is InChI=1S/C20H24N2O4/c1-12(2)15-7-5-13(3)9-18(15)26-11-19(23)22-16-10-14(20(21)24)6-8-17(16)25-4/h5-10,12H,11H2,1-4H3,(H2,21,24)(H,22,23). The van der Waals surface area contributed by atoms with E-state index in [-0.39, 0.29) is 24.0 Å². The number of rotatable bonds is 7. The van der Waals surface area contributed by atoms with Gasteiger partial charge in [0.15, 0.2) is 6.61 Å². The minimum Gasteiger partial charge on any atom is -0.495 e. The van der Waals surface area contributed by atoms with Gasteiger partial charge in [0.1, 0.15) is 11.5 Å². The Hall–Kier alpha value is -3.02. The molecule has 2 amide bonds. The van der Waals surface area contributed by atoms with Crippen LogP contribution in [0.25, 0.3) is 0 Å². The lowest BCUT2D eigenvalue weighted by Crippen LogP contribution is -2.21. The van der Waals surface area contributed by atoms with Crippen molar-refractivity contribution in [2.75, 3.05) is 19.0 Å². The molecule has 0 aliphatic heterocycles. The summed E-state index contributed by atoms with van der Waals surface area (Å²) in [6, 6.07) is 10.5. The van der Waals surface area contributed by atoms with Crippen LogP contribution in [0, 0.1) is 6.92 Å². The van der Waals surface area contributed by atoms with Crippen LogP contribution in [-0.2, 0) is 4.79 Å². The molecule has 0 saturated carbocycles. The van der Waals surface area contributed by atoms with Crippen molar-refractivity contribution in [2.45, 2.75) is 26.7 Å². The number of anilines is 1. The van der Waals surface area contributed by atoms with Crippen LogP contribution in [0.3, 0.4) is 0 Å². The minimum absolute atomic E-state index is 0.160. The van der Waals surface area contributed by atoms with E-state index in [9.17, 15) is 9.59 Å². The van der Waals surface area contributed by atoms with Gasteiger partial charge in [-0.15, -0.1) is 0 Å². The molecule has 6 nitrogen and oxygen atoms in total. The van der Waals surface area contributed by atoms with Crippen LogP contribution in [0.2, 0.25) is 0 Å². The van der Waals surface area contributed by atoms with Gasteiger partial charge in [-0.05, 0) is 48.2 Å². The molecule has 2 aromatic carbocycles. The van der Waals surface area contributed by atoms with Crippen LogP contribution >= 0.6 is 0 Å². The van der Waals surface area contributed by atoms with E-state index in [0.717, 1.165) is 11.1 Å².